The van der Waals surface area contributed by atoms with Crippen molar-refractivity contribution in [3.05, 3.63) is 42.0 Å². The van der Waals surface area contributed by atoms with Gasteiger partial charge >= 0.3 is 0 Å². The number of ether oxygens (including phenoxy) is 4. The highest BCUT2D eigenvalue weighted by Gasteiger charge is 2.24. The van der Waals surface area contributed by atoms with Crippen molar-refractivity contribution in [3.63, 3.8) is 0 Å². The number of thiazole rings is 1. The topological polar surface area (TPSA) is 73.4 Å². The van der Waals surface area contributed by atoms with E-state index in [2.05, 4.69) is 4.90 Å². The van der Waals surface area contributed by atoms with E-state index in [1.807, 2.05) is 25.1 Å². The minimum absolute atomic E-state index is 0.149. The quantitative estimate of drug-likeness (QED) is 0.471. The fourth-order valence-electron chi connectivity index (χ4n) is 3.70. The number of fused-ring (bicyclic) bond motifs is 1. The average Bonchev–Trinajstić information content (AvgIpc) is 3.27. The molecular formula is C24H29N3O5S. The Morgan fingerprint density at radius 2 is 1.82 bits per heavy atom. The van der Waals surface area contributed by atoms with Crippen LogP contribution in [0.4, 0.5) is 5.13 Å². The number of morpholine rings is 1. The molecule has 1 saturated heterocycles. The van der Waals surface area contributed by atoms with Crippen LogP contribution in [0.2, 0.25) is 0 Å². The van der Waals surface area contributed by atoms with E-state index in [0.717, 1.165) is 35.6 Å². The number of carbonyl (C=O) groups excluding carboxylic acids is 1. The molecule has 1 amide bonds. The molecule has 1 aromatic heterocycles. The number of rotatable bonds is 9. The number of aromatic nitrogens is 1. The summed E-state index contributed by atoms with van der Waals surface area (Å²) in [7, 11) is 3.14. The lowest BCUT2D eigenvalue weighted by Crippen LogP contribution is -2.43. The van der Waals surface area contributed by atoms with Crippen molar-refractivity contribution in [2.75, 3.05) is 65.1 Å². The van der Waals surface area contributed by atoms with Crippen molar-refractivity contribution in [1.82, 2.24) is 9.88 Å². The normalized spacial score (nSPS) is 14.3. The smallest absolute Gasteiger partial charge is 0.260 e. The summed E-state index contributed by atoms with van der Waals surface area (Å²) in [6.45, 7) is 6.92. The van der Waals surface area contributed by atoms with E-state index in [-0.39, 0.29) is 5.91 Å². The van der Waals surface area contributed by atoms with Gasteiger partial charge in [-0.15, -0.1) is 0 Å². The third kappa shape index (κ3) is 5.55. The highest BCUT2D eigenvalue weighted by Crippen LogP contribution is 2.33. The molecule has 0 bridgehead atoms. The van der Waals surface area contributed by atoms with Gasteiger partial charge in [-0.1, -0.05) is 11.3 Å². The standard InChI is InChI=1S/C24H29N3O5S/c1-4-32-18-5-6-21-22(16-18)33-24(25-21)27(8-7-26-9-11-31-12-10-26)23(28)17-13-19(29-2)15-20(14-17)30-3/h5-6,13-16H,4,7-12H2,1-3H3. The Balaban J connectivity index is 1.67. The van der Waals surface area contributed by atoms with Crippen molar-refractivity contribution in [1.29, 1.82) is 0 Å². The van der Waals surface area contributed by atoms with Crippen molar-refractivity contribution in [2.24, 2.45) is 0 Å². The van der Waals surface area contributed by atoms with E-state index < -0.39 is 0 Å². The van der Waals surface area contributed by atoms with Gasteiger partial charge in [-0.25, -0.2) is 4.98 Å². The molecule has 0 unspecified atom stereocenters. The number of benzene rings is 2. The predicted octanol–water partition coefficient (Wildman–Crippen LogP) is 3.69. The Labute approximate surface area is 197 Å². The first-order valence-corrected chi connectivity index (χ1v) is 11.8. The van der Waals surface area contributed by atoms with Crippen molar-refractivity contribution in [2.45, 2.75) is 6.92 Å². The van der Waals surface area contributed by atoms with Gasteiger partial charge in [0.15, 0.2) is 5.13 Å². The molecule has 8 nitrogen and oxygen atoms in total. The lowest BCUT2D eigenvalue weighted by molar-refractivity contribution is 0.0391. The minimum Gasteiger partial charge on any atom is -0.497 e. The number of carbonyl (C=O) groups is 1. The number of hydrogen-bond donors (Lipinski definition) is 0. The van der Waals surface area contributed by atoms with Gasteiger partial charge in [0.25, 0.3) is 5.91 Å². The molecule has 0 saturated carbocycles. The number of hydrogen-bond acceptors (Lipinski definition) is 8. The van der Waals surface area contributed by atoms with Gasteiger partial charge in [0, 0.05) is 37.8 Å². The fraction of sp³-hybridized carbons (Fsp3) is 0.417. The number of nitrogens with zero attached hydrogens (tertiary/aromatic N) is 3. The molecule has 33 heavy (non-hydrogen) atoms. The summed E-state index contributed by atoms with van der Waals surface area (Å²) < 4.78 is 22.8. The Kier molecular flexibility index (Phi) is 7.64. The predicted molar refractivity (Wildman–Crippen MR) is 129 cm³/mol. The first kappa shape index (κ1) is 23.3. The molecule has 0 spiro atoms. The molecule has 3 aromatic rings. The van der Waals surface area contributed by atoms with Gasteiger partial charge in [-0.05, 0) is 37.3 Å². The van der Waals surface area contributed by atoms with Gasteiger partial charge < -0.3 is 18.9 Å². The average molecular weight is 472 g/mol. The van der Waals surface area contributed by atoms with Crippen LogP contribution in [0, 0.1) is 0 Å². The van der Waals surface area contributed by atoms with E-state index in [1.165, 1.54) is 11.3 Å². The molecule has 0 atom stereocenters. The van der Waals surface area contributed by atoms with E-state index in [1.54, 1.807) is 37.3 Å². The van der Waals surface area contributed by atoms with Gasteiger partial charge in [0.05, 0.1) is 44.3 Å². The summed E-state index contributed by atoms with van der Waals surface area (Å²) in [6.07, 6.45) is 0. The van der Waals surface area contributed by atoms with Crippen LogP contribution in [0.5, 0.6) is 17.2 Å². The van der Waals surface area contributed by atoms with Gasteiger partial charge in [0.2, 0.25) is 0 Å². The van der Waals surface area contributed by atoms with Crippen molar-refractivity contribution < 1.29 is 23.7 Å². The summed E-state index contributed by atoms with van der Waals surface area (Å²) >= 11 is 1.48. The minimum atomic E-state index is -0.149. The van der Waals surface area contributed by atoms with Crippen LogP contribution in [0.15, 0.2) is 36.4 Å². The first-order valence-electron chi connectivity index (χ1n) is 11.0. The molecule has 0 aliphatic carbocycles. The molecular weight excluding hydrogens is 442 g/mol. The first-order chi connectivity index (χ1) is 16.1. The zero-order valence-electron chi connectivity index (χ0n) is 19.2. The highest BCUT2D eigenvalue weighted by atomic mass is 32.1. The van der Waals surface area contributed by atoms with Crippen LogP contribution < -0.4 is 19.1 Å². The highest BCUT2D eigenvalue weighted by molar-refractivity contribution is 7.22. The maximum atomic E-state index is 13.7. The summed E-state index contributed by atoms with van der Waals surface area (Å²) in [6, 6.07) is 11.0. The molecule has 0 N–H and O–H groups in total. The van der Waals surface area contributed by atoms with E-state index in [0.29, 0.717) is 48.6 Å². The zero-order chi connectivity index (χ0) is 23.2. The van der Waals surface area contributed by atoms with Gasteiger partial charge in [-0.3, -0.25) is 14.6 Å². The van der Waals surface area contributed by atoms with Gasteiger partial charge in [-0.2, -0.15) is 0 Å². The second-order valence-corrected chi connectivity index (χ2v) is 8.58. The Morgan fingerprint density at radius 3 is 2.48 bits per heavy atom. The molecule has 1 fully saturated rings. The summed E-state index contributed by atoms with van der Waals surface area (Å²) in [4.78, 5) is 22.5. The van der Waals surface area contributed by atoms with E-state index in [4.69, 9.17) is 23.9 Å². The SMILES string of the molecule is CCOc1ccc2nc(N(CCN3CCOCC3)C(=O)c3cc(OC)cc(OC)c3)sc2c1. The van der Waals surface area contributed by atoms with E-state index >= 15 is 0 Å². The maximum Gasteiger partial charge on any atom is 0.260 e. The van der Waals surface area contributed by atoms with Crippen molar-refractivity contribution >= 4 is 32.6 Å². The van der Waals surface area contributed by atoms with Crippen LogP contribution in [0.1, 0.15) is 17.3 Å². The summed E-state index contributed by atoms with van der Waals surface area (Å²) in [5, 5.41) is 0.652. The molecule has 4 rings (SSSR count). The van der Waals surface area contributed by atoms with Crippen LogP contribution in [-0.2, 0) is 4.74 Å². The van der Waals surface area contributed by atoms with Gasteiger partial charge in [0.1, 0.15) is 17.2 Å². The third-order valence-electron chi connectivity index (χ3n) is 5.48. The lowest BCUT2D eigenvalue weighted by Gasteiger charge is -2.29. The fourth-order valence-corrected chi connectivity index (χ4v) is 4.72. The number of amides is 1. The van der Waals surface area contributed by atoms with Crippen LogP contribution in [0.3, 0.4) is 0 Å². The molecule has 2 heterocycles. The molecule has 1 aliphatic heterocycles. The summed E-state index contributed by atoms with van der Waals surface area (Å²) in [5.41, 5.74) is 1.33. The largest absolute Gasteiger partial charge is 0.497 e. The second kappa shape index (κ2) is 10.8. The molecule has 176 valence electrons. The number of anilines is 1. The van der Waals surface area contributed by atoms with Crippen molar-refractivity contribution in [3.8, 4) is 17.2 Å². The molecule has 0 radical (unpaired) electrons. The maximum absolute atomic E-state index is 13.7. The number of methoxy groups -OCH3 is 2. The molecule has 9 heteroatoms. The Bertz CT molecular complexity index is 1070. The monoisotopic (exact) mass is 471 g/mol. The van der Waals surface area contributed by atoms with E-state index in [9.17, 15) is 4.79 Å². The lowest BCUT2D eigenvalue weighted by atomic mass is 10.1. The second-order valence-electron chi connectivity index (χ2n) is 7.57. The van der Waals surface area contributed by atoms with Crippen LogP contribution in [0.25, 0.3) is 10.2 Å². The van der Waals surface area contributed by atoms with Crippen LogP contribution in [-0.4, -0.2) is 76.0 Å². The summed E-state index contributed by atoms with van der Waals surface area (Å²) in [5.74, 6) is 1.78. The Morgan fingerprint density at radius 1 is 1.09 bits per heavy atom. The van der Waals surface area contributed by atoms with Crippen LogP contribution >= 0.6 is 11.3 Å². The molecule has 1 aliphatic rings. The Hall–Kier alpha value is -2.88. The third-order valence-corrected chi connectivity index (χ3v) is 6.52. The molecule has 2 aromatic carbocycles. The zero-order valence-corrected chi connectivity index (χ0v) is 20.0.